The number of ether oxygens (including phenoxy) is 1. The number of carbonyl (C=O) groups excluding carboxylic acids is 1. The molecule has 5 nitrogen and oxygen atoms in total. The van der Waals surface area contributed by atoms with Crippen LogP contribution in [-0.2, 0) is 11.2 Å². The van der Waals surface area contributed by atoms with E-state index in [1.54, 1.807) is 6.20 Å². The molecule has 2 fully saturated rings. The van der Waals surface area contributed by atoms with Crippen LogP contribution in [0.1, 0.15) is 120 Å². The zero-order chi connectivity index (χ0) is 32.0. The number of anilines is 1. The molecule has 0 radical (unpaired) electrons. The molecule has 0 aliphatic heterocycles. The summed E-state index contributed by atoms with van der Waals surface area (Å²) in [5.74, 6) is 3.65. The van der Waals surface area contributed by atoms with Gasteiger partial charge in [-0.25, -0.2) is 0 Å². The molecule has 4 aliphatic carbocycles. The molecule has 2 unspecified atom stereocenters. The maximum atomic E-state index is 14.3. The summed E-state index contributed by atoms with van der Waals surface area (Å²) in [6.07, 6.45) is 29.8. The Labute approximate surface area is 280 Å². The number of hydrogen-bond acceptors (Lipinski definition) is 4. The summed E-state index contributed by atoms with van der Waals surface area (Å²) >= 11 is 0. The third-order valence-corrected chi connectivity index (χ3v) is 11.1. The van der Waals surface area contributed by atoms with Gasteiger partial charge < -0.3 is 10.1 Å². The number of fused-ring (bicyclic) bond motifs is 3. The van der Waals surface area contributed by atoms with E-state index in [2.05, 4.69) is 59.7 Å². The van der Waals surface area contributed by atoms with Crippen LogP contribution in [0.15, 0.2) is 84.5 Å². The van der Waals surface area contributed by atoms with Crippen molar-refractivity contribution in [3.05, 3.63) is 101 Å². The molecule has 4 aliphatic rings. The van der Waals surface area contributed by atoms with Crippen molar-refractivity contribution in [3.63, 3.8) is 0 Å². The number of amides is 1. The molecule has 7 rings (SSSR count). The second-order valence-corrected chi connectivity index (χ2v) is 14.1. The Morgan fingerprint density at radius 3 is 2.62 bits per heavy atom. The van der Waals surface area contributed by atoms with E-state index in [-0.39, 0.29) is 5.91 Å². The van der Waals surface area contributed by atoms with Crippen LogP contribution in [0, 0.1) is 11.8 Å². The van der Waals surface area contributed by atoms with E-state index >= 15 is 0 Å². The van der Waals surface area contributed by atoms with Crippen molar-refractivity contribution < 1.29 is 9.53 Å². The number of nitrogens with one attached hydrogen (secondary N) is 1. The molecule has 1 aromatic carbocycles. The van der Waals surface area contributed by atoms with Crippen molar-refractivity contribution in [1.82, 2.24) is 9.97 Å². The minimum atomic E-state index is -0.0314. The lowest BCUT2D eigenvalue weighted by Gasteiger charge is -2.40. The van der Waals surface area contributed by atoms with E-state index < -0.39 is 0 Å². The molecule has 3 aromatic rings. The summed E-state index contributed by atoms with van der Waals surface area (Å²) in [5, 5.41) is 3.25. The van der Waals surface area contributed by atoms with E-state index in [0.717, 1.165) is 89.6 Å². The Kier molecular flexibility index (Phi) is 9.98. The number of hydrogen-bond donors (Lipinski definition) is 1. The maximum absolute atomic E-state index is 14.3. The number of allylic oxidation sites excluding steroid dienone is 4. The van der Waals surface area contributed by atoms with E-state index in [1.807, 2.05) is 24.5 Å². The predicted molar refractivity (Wildman–Crippen MR) is 191 cm³/mol. The average Bonchev–Trinajstić information content (AvgIpc) is 3.09. The summed E-state index contributed by atoms with van der Waals surface area (Å²) < 4.78 is 6.16. The fourth-order valence-corrected chi connectivity index (χ4v) is 8.23. The molecule has 5 heteroatoms. The summed E-state index contributed by atoms with van der Waals surface area (Å²) in [6, 6.07) is 12.9. The molecule has 0 saturated heterocycles. The lowest BCUT2D eigenvalue weighted by molar-refractivity contribution is -0.111. The predicted octanol–water partition coefficient (Wildman–Crippen LogP) is 10.7. The van der Waals surface area contributed by atoms with E-state index in [9.17, 15) is 4.79 Å². The third kappa shape index (κ3) is 7.45. The van der Waals surface area contributed by atoms with Gasteiger partial charge in [-0.15, -0.1) is 0 Å². The minimum Gasteiger partial charge on any atom is -0.456 e. The van der Waals surface area contributed by atoms with Gasteiger partial charge in [0.05, 0.1) is 18.1 Å². The standard InChI is InChI=1S/C42H49N3O2/c1-2-30-16-17-31-18-22-38(31)39-23-19-32(33-24-37(28-43-26-33)47-36-14-7-4-8-15-36)25-40(39)41(30)42(46)45-35-21-20-34(44-27-35)13-9-12-29-10-5-3-6-11-29/h7,14-15,19-21,23-29,31,38H,2-6,8-13,16-18,22H2,1H3,(H,45,46). The molecule has 0 bridgehead atoms. The van der Waals surface area contributed by atoms with Gasteiger partial charge in [-0.2, -0.15) is 0 Å². The van der Waals surface area contributed by atoms with E-state index in [0.29, 0.717) is 11.8 Å². The third-order valence-electron chi connectivity index (χ3n) is 11.1. The van der Waals surface area contributed by atoms with Crippen LogP contribution in [0.2, 0.25) is 0 Å². The largest absolute Gasteiger partial charge is 0.456 e. The van der Waals surface area contributed by atoms with Crippen molar-refractivity contribution in [1.29, 1.82) is 0 Å². The molecule has 0 spiro atoms. The summed E-state index contributed by atoms with van der Waals surface area (Å²) in [4.78, 5) is 23.6. The molecular formula is C42H49N3O2. The number of aryl methyl sites for hydroxylation is 1. The van der Waals surface area contributed by atoms with Crippen LogP contribution in [0.5, 0.6) is 5.75 Å². The van der Waals surface area contributed by atoms with Crippen LogP contribution in [0.4, 0.5) is 5.69 Å². The van der Waals surface area contributed by atoms with Gasteiger partial charge in [0.15, 0.2) is 0 Å². The minimum absolute atomic E-state index is 0.0314. The Bertz CT molecular complexity index is 1660. The zero-order valence-corrected chi connectivity index (χ0v) is 28.0. The van der Waals surface area contributed by atoms with Gasteiger partial charge >= 0.3 is 0 Å². The van der Waals surface area contributed by atoms with Crippen molar-refractivity contribution in [2.45, 2.75) is 109 Å². The van der Waals surface area contributed by atoms with Gasteiger partial charge in [-0.05, 0) is 129 Å². The monoisotopic (exact) mass is 627 g/mol. The smallest absolute Gasteiger partial charge is 0.256 e. The first kappa shape index (κ1) is 31.6. The second kappa shape index (κ2) is 14.8. The topological polar surface area (TPSA) is 64.1 Å². The van der Waals surface area contributed by atoms with Gasteiger partial charge in [0, 0.05) is 23.0 Å². The van der Waals surface area contributed by atoms with E-state index in [4.69, 9.17) is 9.72 Å². The van der Waals surface area contributed by atoms with Gasteiger partial charge in [0.1, 0.15) is 11.5 Å². The van der Waals surface area contributed by atoms with Crippen molar-refractivity contribution in [3.8, 4) is 16.9 Å². The first-order valence-corrected chi connectivity index (χ1v) is 18.3. The number of rotatable bonds is 10. The molecule has 1 N–H and O–H groups in total. The number of pyridine rings is 2. The number of nitrogens with zero attached hydrogens (tertiary/aromatic N) is 2. The normalized spacial score (nSPS) is 21.1. The second-order valence-electron chi connectivity index (χ2n) is 14.1. The lowest BCUT2D eigenvalue weighted by Crippen LogP contribution is -2.28. The van der Waals surface area contributed by atoms with Crippen molar-refractivity contribution in [2.75, 3.05) is 5.32 Å². The highest BCUT2D eigenvalue weighted by molar-refractivity contribution is 6.26. The first-order valence-electron chi connectivity index (χ1n) is 18.3. The SMILES string of the molecule is CCC1=C(C(=O)Nc2ccc(CCCC3CCCCC3)nc2)c2cc(-c3cncc(OC4=CCCC=C4)c3)ccc2C2CCC2CC1. The Morgan fingerprint density at radius 2 is 1.85 bits per heavy atom. The van der Waals surface area contributed by atoms with Gasteiger partial charge in [0.25, 0.3) is 5.91 Å². The van der Waals surface area contributed by atoms with E-state index in [1.165, 1.54) is 68.9 Å². The number of benzene rings is 1. The average molecular weight is 628 g/mol. The van der Waals surface area contributed by atoms with Gasteiger partial charge in [-0.3, -0.25) is 14.8 Å². The number of carbonyl (C=O) groups is 1. The Hall–Kier alpha value is -3.99. The highest BCUT2D eigenvalue weighted by Gasteiger charge is 2.37. The fourth-order valence-electron chi connectivity index (χ4n) is 8.23. The summed E-state index contributed by atoms with van der Waals surface area (Å²) in [7, 11) is 0. The molecule has 1 amide bonds. The Morgan fingerprint density at radius 1 is 0.936 bits per heavy atom. The van der Waals surface area contributed by atoms with Crippen LogP contribution in [-0.4, -0.2) is 15.9 Å². The molecule has 244 valence electrons. The molecule has 2 saturated carbocycles. The molecule has 2 aromatic heterocycles. The van der Waals surface area contributed by atoms with Crippen molar-refractivity contribution in [2.24, 2.45) is 11.8 Å². The fraction of sp³-hybridized carbons (Fsp3) is 0.452. The van der Waals surface area contributed by atoms with Crippen LogP contribution in [0.3, 0.4) is 0 Å². The Balaban J connectivity index is 1.13. The van der Waals surface area contributed by atoms with Crippen LogP contribution in [0.25, 0.3) is 16.7 Å². The maximum Gasteiger partial charge on any atom is 0.256 e. The quantitative estimate of drug-likeness (QED) is 0.243. The molecule has 47 heavy (non-hydrogen) atoms. The number of aromatic nitrogens is 2. The molecule has 2 heterocycles. The van der Waals surface area contributed by atoms with Gasteiger partial charge in [0.2, 0.25) is 0 Å². The van der Waals surface area contributed by atoms with Gasteiger partial charge in [-0.1, -0.05) is 69.2 Å². The summed E-state index contributed by atoms with van der Waals surface area (Å²) in [5.41, 5.74) is 8.36. The van der Waals surface area contributed by atoms with Crippen molar-refractivity contribution >= 4 is 17.2 Å². The highest BCUT2D eigenvalue weighted by atomic mass is 16.5. The zero-order valence-electron chi connectivity index (χ0n) is 28.0. The summed E-state index contributed by atoms with van der Waals surface area (Å²) in [6.45, 7) is 2.19. The molecular weight excluding hydrogens is 578 g/mol. The molecule has 2 atom stereocenters. The lowest BCUT2D eigenvalue weighted by atomic mass is 9.64. The van der Waals surface area contributed by atoms with Crippen LogP contribution >= 0.6 is 0 Å². The highest BCUT2D eigenvalue weighted by Crippen LogP contribution is 2.50. The van der Waals surface area contributed by atoms with Crippen LogP contribution < -0.4 is 10.1 Å². The first-order chi connectivity index (χ1) is 23.1.